The van der Waals surface area contributed by atoms with Gasteiger partial charge in [-0.3, -0.25) is 0 Å². The summed E-state index contributed by atoms with van der Waals surface area (Å²) in [7, 11) is -3.60. The van der Waals surface area contributed by atoms with Crippen molar-refractivity contribution in [3.8, 4) is 0 Å². The lowest BCUT2D eigenvalue weighted by atomic mass is 10.4. The Morgan fingerprint density at radius 3 is 2.45 bits per heavy atom. The molecule has 1 heterocycles. The van der Waals surface area contributed by atoms with Crippen molar-refractivity contribution in [2.75, 3.05) is 19.6 Å². The van der Waals surface area contributed by atoms with Crippen molar-refractivity contribution in [1.82, 2.24) is 20.3 Å². The maximum absolute atomic E-state index is 12.6. The molecule has 2 rings (SSSR count). The van der Waals surface area contributed by atoms with Gasteiger partial charge in [0, 0.05) is 25.0 Å². The van der Waals surface area contributed by atoms with Gasteiger partial charge in [-0.2, -0.15) is 13.2 Å². The lowest BCUT2D eigenvalue weighted by Crippen LogP contribution is -2.41. The molecule has 0 aliphatic heterocycles. The summed E-state index contributed by atoms with van der Waals surface area (Å²) >= 11 is 0.880. The number of aliphatic imine (C=N–C) groups is 1. The Labute approximate surface area is 188 Å². The first-order valence-electron chi connectivity index (χ1n) is 8.31. The van der Waals surface area contributed by atoms with Crippen molar-refractivity contribution < 1.29 is 21.6 Å². The molecule has 0 atom stereocenters. The highest BCUT2D eigenvalue weighted by Gasteiger charge is 2.33. The SMILES string of the molecule is CCNC(=NCc1nc(C(F)(F)F)cs1)NCCNS(=O)(=O)c1ccccc1.I. The van der Waals surface area contributed by atoms with Crippen LogP contribution >= 0.6 is 35.3 Å². The van der Waals surface area contributed by atoms with Crippen LogP contribution in [0.25, 0.3) is 0 Å². The molecule has 3 N–H and O–H groups in total. The van der Waals surface area contributed by atoms with Crippen LogP contribution in [0.5, 0.6) is 0 Å². The van der Waals surface area contributed by atoms with Crippen LogP contribution in [0.2, 0.25) is 0 Å². The fourth-order valence-electron chi connectivity index (χ4n) is 2.05. The molecule has 0 amide bonds. The van der Waals surface area contributed by atoms with Gasteiger partial charge >= 0.3 is 6.18 Å². The van der Waals surface area contributed by atoms with Gasteiger partial charge in [0.2, 0.25) is 10.0 Å². The number of benzene rings is 1. The van der Waals surface area contributed by atoms with Crippen LogP contribution < -0.4 is 15.4 Å². The van der Waals surface area contributed by atoms with Gasteiger partial charge in [-0.1, -0.05) is 18.2 Å². The minimum Gasteiger partial charge on any atom is -0.357 e. The van der Waals surface area contributed by atoms with E-state index in [0.717, 1.165) is 16.7 Å². The Bertz CT molecular complexity index is 889. The quantitative estimate of drug-likeness (QED) is 0.199. The molecule has 7 nitrogen and oxygen atoms in total. The molecule has 0 bridgehead atoms. The summed E-state index contributed by atoms with van der Waals surface area (Å²) in [5.74, 6) is 0.352. The van der Waals surface area contributed by atoms with E-state index < -0.39 is 21.9 Å². The van der Waals surface area contributed by atoms with Crippen LogP contribution in [0, 0.1) is 0 Å². The molecule has 0 unspecified atom stereocenters. The zero-order valence-corrected chi connectivity index (χ0v) is 19.3. The summed E-state index contributed by atoms with van der Waals surface area (Å²) in [5, 5.41) is 7.03. The van der Waals surface area contributed by atoms with Crippen LogP contribution in [-0.4, -0.2) is 39.0 Å². The van der Waals surface area contributed by atoms with E-state index in [1.807, 2.05) is 6.92 Å². The lowest BCUT2D eigenvalue weighted by molar-refractivity contribution is -0.140. The topological polar surface area (TPSA) is 95.5 Å². The highest BCUT2D eigenvalue weighted by Crippen LogP contribution is 2.30. The molecule has 13 heteroatoms. The molecule has 1 aromatic heterocycles. The molecule has 0 radical (unpaired) electrons. The first-order valence-corrected chi connectivity index (χ1v) is 10.7. The summed E-state index contributed by atoms with van der Waals surface area (Å²) in [6.45, 7) is 2.69. The number of aromatic nitrogens is 1. The second-order valence-electron chi connectivity index (χ2n) is 5.46. The van der Waals surface area contributed by atoms with Crippen LogP contribution in [0.3, 0.4) is 0 Å². The van der Waals surface area contributed by atoms with E-state index in [4.69, 9.17) is 0 Å². The Morgan fingerprint density at radius 1 is 1.17 bits per heavy atom. The monoisotopic (exact) mass is 563 g/mol. The third-order valence-electron chi connectivity index (χ3n) is 3.32. The number of alkyl halides is 3. The summed E-state index contributed by atoms with van der Waals surface area (Å²) < 4.78 is 64.4. The van der Waals surface area contributed by atoms with Crippen LogP contribution in [-0.2, 0) is 22.7 Å². The maximum atomic E-state index is 12.6. The molecule has 2 aromatic rings. The molecule has 0 saturated heterocycles. The predicted molar refractivity (Wildman–Crippen MR) is 117 cm³/mol. The van der Waals surface area contributed by atoms with Crippen molar-refractivity contribution in [2.24, 2.45) is 4.99 Å². The number of hydrogen-bond donors (Lipinski definition) is 3. The van der Waals surface area contributed by atoms with Crippen LogP contribution in [0.15, 0.2) is 45.6 Å². The zero-order chi connectivity index (χ0) is 20.6. The minimum absolute atomic E-state index is 0. The number of halogens is 4. The van der Waals surface area contributed by atoms with Gasteiger partial charge in [0.15, 0.2) is 11.7 Å². The van der Waals surface area contributed by atoms with E-state index in [1.165, 1.54) is 12.1 Å². The average molecular weight is 563 g/mol. The van der Waals surface area contributed by atoms with E-state index in [0.29, 0.717) is 12.5 Å². The molecule has 0 spiro atoms. The largest absolute Gasteiger partial charge is 0.434 e. The summed E-state index contributed by atoms with van der Waals surface area (Å²) in [5.41, 5.74) is -0.934. The van der Waals surface area contributed by atoms with Gasteiger partial charge in [0.1, 0.15) is 5.01 Å². The highest BCUT2D eigenvalue weighted by molar-refractivity contribution is 14.0. The van der Waals surface area contributed by atoms with Crippen molar-refractivity contribution in [2.45, 2.75) is 24.5 Å². The molecule has 1 aromatic carbocycles. The number of hydrogen-bond acceptors (Lipinski definition) is 5. The van der Waals surface area contributed by atoms with Gasteiger partial charge < -0.3 is 10.6 Å². The predicted octanol–water partition coefficient (Wildman–Crippen LogP) is 2.81. The normalized spacial score (nSPS) is 12.3. The molecule has 0 fully saturated rings. The number of nitrogens with zero attached hydrogens (tertiary/aromatic N) is 2. The van der Waals surface area contributed by atoms with Gasteiger partial charge in [0.25, 0.3) is 0 Å². The Balaban J connectivity index is 0.00000420. The third-order valence-corrected chi connectivity index (χ3v) is 5.63. The van der Waals surface area contributed by atoms with Crippen LogP contribution in [0.4, 0.5) is 13.2 Å². The smallest absolute Gasteiger partial charge is 0.357 e. The Morgan fingerprint density at radius 2 is 1.86 bits per heavy atom. The molecule has 162 valence electrons. The summed E-state index contributed by atoms with van der Waals surface area (Å²) in [4.78, 5) is 7.85. The van der Waals surface area contributed by atoms with Crippen molar-refractivity contribution in [3.05, 3.63) is 46.4 Å². The van der Waals surface area contributed by atoms with Gasteiger partial charge in [-0.25, -0.2) is 23.1 Å². The number of rotatable bonds is 8. The van der Waals surface area contributed by atoms with E-state index >= 15 is 0 Å². The van der Waals surface area contributed by atoms with Gasteiger partial charge in [0.05, 0.1) is 11.4 Å². The molecule has 29 heavy (non-hydrogen) atoms. The Kier molecular flexibility index (Phi) is 10.3. The molecule has 0 aliphatic rings. The van der Waals surface area contributed by atoms with Gasteiger partial charge in [-0.15, -0.1) is 35.3 Å². The third kappa shape index (κ3) is 8.44. The van der Waals surface area contributed by atoms with Crippen molar-refractivity contribution in [1.29, 1.82) is 0 Å². The number of nitrogens with one attached hydrogen (secondary N) is 3. The molecule has 0 saturated carbocycles. The fourth-order valence-corrected chi connectivity index (χ4v) is 3.83. The van der Waals surface area contributed by atoms with Crippen molar-refractivity contribution in [3.63, 3.8) is 0 Å². The van der Waals surface area contributed by atoms with Gasteiger partial charge in [-0.05, 0) is 19.1 Å². The highest BCUT2D eigenvalue weighted by atomic mass is 127. The summed E-state index contributed by atoms with van der Waals surface area (Å²) in [6.07, 6.45) is -4.48. The van der Waals surface area contributed by atoms with E-state index in [2.05, 4.69) is 25.3 Å². The first kappa shape index (κ1) is 25.6. The zero-order valence-electron chi connectivity index (χ0n) is 15.4. The average Bonchev–Trinajstić information content (AvgIpc) is 3.13. The fraction of sp³-hybridized carbons (Fsp3) is 0.375. The summed E-state index contributed by atoms with van der Waals surface area (Å²) in [6, 6.07) is 7.96. The van der Waals surface area contributed by atoms with Crippen molar-refractivity contribution >= 4 is 51.3 Å². The van der Waals surface area contributed by atoms with Crippen LogP contribution in [0.1, 0.15) is 17.6 Å². The molecular weight excluding hydrogens is 542 g/mol. The minimum atomic E-state index is -4.48. The maximum Gasteiger partial charge on any atom is 0.434 e. The van der Waals surface area contributed by atoms with E-state index in [1.54, 1.807) is 18.2 Å². The second-order valence-corrected chi connectivity index (χ2v) is 8.17. The van der Waals surface area contributed by atoms with E-state index in [9.17, 15) is 21.6 Å². The lowest BCUT2D eigenvalue weighted by Gasteiger charge is -2.12. The van der Waals surface area contributed by atoms with E-state index in [-0.39, 0.29) is 53.5 Å². The number of sulfonamides is 1. The number of guanidine groups is 1. The molecule has 0 aliphatic carbocycles. The number of thiazole rings is 1. The molecular formula is C16H21F3IN5O2S2. The Hall–Kier alpha value is -1.45. The second kappa shape index (κ2) is 11.7. The first-order chi connectivity index (χ1) is 13.2. The standard InChI is InChI=1S/C16H20F3N5O2S2.HI/c1-2-20-15(22-10-14-24-13(11-27-14)16(17,18)19)21-8-9-23-28(25,26)12-6-4-3-5-7-12;/h3-7,11,23H,2,8-10H2,1H3,(H2,20,21,22);1H.